The van der Waals surface area contributed by atoms with E-state index in [-0.39, 0.29) is 5.84 Å². The average molecular weight is 218 g/mol. The zero-order valence-corrected chi connectivity index (χ0v) is 9.53. The molecule has 0 saturated heterocycles. The fourth-order valence-electron chi connectivity index (χ4n) is 1.38. The topological polar surface area (TPSA) is 88.2 Å². The van der Waals surface area contributed by atoms with Crippen molar-refractivity contribution in [2.24, 2.45) is 16.5 Å². The molecule has 1 rings (SSSR count). The maximum atomic E-state index is 7.45. The maximum Gasteiger partial charge on any atom is 0.126 e. The zero-order valence-electron chi connectivity index (χ0n) is 9.53. The maximum absolute atomic E-state index is 7.45. The van der Waals surface area contributed by atoms with Gasteiger partial charge < -0.3 is 11.5 Å². The van der Waals surface area contributed by atoms with E-state index in [1.807, 2.05) is 18.2 Å². The van der Waals surface area contributed by atoms with Gasteiger partial charge in [-0.2, -0.15) is 0 Å². The van der Waals surface area contributed by atoms with Crippen LogP contribution in [0.25, 0.3) is 0 Å². The molecule has 16 heavy (non-hydrogen) atoms. The van der Waals surface area contributed by atoms with E-state index in [4.69, 9.17) is 16.9 Å². The van der Waals surface area contributed by atoms with Crippen molar-refractivity contribution in [1.82, 2.24) is 0 Å². The summed E-state index contributed by atoms with van der Waals surface area (Å²) in [7, 11) is 0. The normalized spacial score (nSPS) is 11.4. The van der Waals surface area contributed by atoms with Crippen LogP contribution in [-0.2, 0) is 0 Å². The Bertz CT molecular complexity index is 396. The summed E-state index contributed by atoms with van der Waals surface area (Å²) in [5.41, 5.74) is 12.7. The molecule has 0 saturated carbocycles. The van der Waals surface area contributed by atoms with Crippen molar-refractivity contribution in [3.05, 3.63) is 35.4 Å². The van der Waals surface area contributed by atoms with Crippen molar-refractivity contribution in [2.45, 2.75) is 19.8 Å². The highest BCUT2D eigenvalue weighted by molar-refractivity contribution is 6.09. The number of nitrogens with one attached hydrogen (secondary N) is 1. The largest absolute Gasteiger partial charge is 0.384 e. The monoisotopic (exact) mass is 218 g/mol. The third-order valence-electron chi connectivity index (χ3n) is 2.29. The van der Waals surface area contributed by atoms with Crippen LogP contribution in [0.5, 0.6) is 0 Å². The van der Waals surface area contributed by atoms with E-state index in [0.717, 1.165) is 18.4 Å². The quantitative estimate of drug-likeness (QED) is 0.397. The van der Waals surface area contributed by atoms with Gasteiger partial charge in [0.15, 0.2) is 0 Å². The Morgan fingerprint density at radius 1 is 1.25 bits per heavy atom. The van der Waals surface area contributed by atoms with Crippen LogP contribution < -0.4 is 11.5 Å². The summed E-state index contributed by atoms with van der Waals surface area (Å²) in [6.45, 7) is 2.82. The number of hydrogen-bond acceptors (Lipinski definition) is 2. The van der Waals surface area contributed by atoms with Gasteiger partial charge >= 0.3 is 0 Å². The van der Waals surface area contributed by atoms with E-state index >= 15 is 0 Å². The number of unbranched alkanes of at least 4 members (excludes halogenated alkanes) is 1. The molecule has 4 heteroatoms. The predicted molar refractivity (Wildman–Crippen MR) is 68.0 cm³/mol. The smallest absolute Gasteiger partial charge is 0.126 e. The first kappa shape index (κ1) is 12.2. The molecule has 86 valence electrons. The molecule has 0 aromatic heterocycles. The molecule has 0 radical (unpaired) electrons. The lowest BCUT2D eigenvalue weighted by atomic mass is 10.1. The van der Waals surface area contributed by atoms with Crippen LogP contribution in [0.2, 0.25) is 0 Å². The predicted octanol–water partition coefficient (Wildman–Crippen LogP) is 1.48. The number of nitrogen functional groups attached to an aromatic ring is 1. The zero-order chi connectivity index (χ0) is 12.0. The van der Waals surface area contributed by atoms with Crippen molar-refractivity contribution in [3.8, 4) is 0 Å². The Morgan fingerprint density at radius 2 is 1.88 bits per heavy atom. The number of benzene rings is 1. The number of aliphatic imine (C=N–C) groups is 1. The van der Waals surface area contributed by atoms with Gasteiger partial charge in [0, 0.05) is 17.7 Å². The molecule has 1 aromatic carbocycles. The molecule has 0 aliphatic heterocycles. The summed E-state index contributed by atoms with van der Waals surface area (Å²) in [4.78, 5) is 4.27. The fraction of sp³-hybridized carbons (Fsp3) is 0.333. The molecule has 0 aliphatic carbocycles. The SMILES string of the molecule is CCCCN=C(N)c1ccccc1C(=N)N. The van der Waals surface area contributed by atoms with Gasteiger partial charge in [-0.1, -0.05) is 37.6 Å². The minimum Gasteiger partial charge on any atom is -0.384 e. The number of amidine groups is 2. The highest BCUT2D eigenvalue weighted by Crippen LogP contribution is 2.07. The molecular formula is C12H18N4. The lowest BCUT2D eigenvalue weighted by Gasteiger charge is -2.07. The minimum absolute atomic E-state index is 0.0178. The minimum atomic E-state index is 0.0178. The second-order valence-corrected chi connectivity index (χ2v) is 3.58. The van der Waals surface area contributed by atoms with Crippen molar-refractivity contribution >= 4 is 11.7 Å². The summed E-state index contributed by atoms with van der Waals surface area (Å²) in [5, 5.41) is 7.45. The molecule has 0 aliphatic rings. The molecule has 0 fully saturated rings. The average Bonchev–Trinajstić information content (AvgIpc) is 2.29. The Hall–Kier alpha value is -1.84. The molecule has 0 amide bonds. The number of rotatable bonds is 5. The van der Waals surface area contributed by atoms with Crippen LogP contribution in [0.3, 0.4) is 0 Å². The number of hydrogen-bond donors (Lipinski definition) is 3. The number of nitrogens with zero attached hydrogens (tertiary/aromatic N) is 1. The molecule has 0 atom stereocenters. The van der Waals surface area contributed by atoms with Gasteiger partial charge in [0.25, 0.3) is 0 Å². The lowest BCUT2D eigenvalue weighted by molar-refractivity contribution is 0.807. The highest BCUT2D eigenvalue weighted by Gasteiger charge is 2.07. The first-order chi connectivity index (χ1) is 7.66. The van der Waals surface area contributed by atoms with Gasteiger partial charge in [-0.05, 0) is 6.42 Å². The van der Waals surface area contributed by atoms with Crippen molar-refractivity contribution in [1.29, 1.82) is 5.41 Å². The van der Waals surface area contributed by atoms with E-state index in [1.165, 1.54) is 0 Å². The van der Waals surface area contributed by atoms with Crippen LogP contribution in [0.4, 0.5) is 0 Å². The molecular weight excluding hydrogens is 200 g/mol. The van der Waals surface area contributed by atoms with Gasteiger partial charge in [-0.25, -0.2) is 0 Å². The fourth-order valence-corrected chi connectivity index (χ4v) is 1.38. The number of nitrogens with two attached hydrogens (primary N) is 2. The second kappa shape index (κ2) is 5.90. The van der Waals surface area contributed by atoms with E-state index in [2.05, 4.69) is 11.9 Å². The molecule has 0 bridgehead atoms. The Kier molecular flexibility index (Phi) is 4.51. The highest BCUT2D eigenvalue weighted by atomic mass is 14.8. The summed E-state index contributed by atoms with van der Waals surface area (Å²) < 4.78 is 0. The van der Waals surface area contributed by atoms with Crippen LogP contribution in [0, 0.1) is 5.41 Å². The van der Waals surface area contributed by atoms with E-state index in [1.54, 1.807) is 6.07 Å². The standard InChI is InChI=1S/C12H18N4/c1-2-3-8-16-12(15)10-7-5-4-6-9(10)11(13)14/h4-7H,2-3,8H2,1H3,(H3,13,14)(H2,15,16). The van der Waals surface area contributed by atoms with E-state index in [9.17, 15) is 0 Å². The summed E-state index contributed by atoms with van der Waals surface area (Å²) in [6.07, 6.45) is 2.11. The van der Waals surface area contributed by atoms with Crippen molar-refractivity contribution in [2.75, 3.05) is 6.54 Å². The van der Waals surface area contributed by atoms with E-state index in [0.29, 0.717) is 17.9 Å². The molecule has 5 N–H and O–H groups in total. The summed E-state index contributed by atoms with van der Waals surface area (Å²) in [6, 6.07) is 7.31. The molecule has 4 nitrogen and oxygen atoms in total. The van der Waals surface area contributed by atoms with Gasteiger partial charge in [0.1, 0.15) is 11.7 Å². The first-order valence-corrected chi connectivity index (χ1v) is 5.40. The first-order valence-electron chi connectivity index (χ1n) is 5.40. The van der Waals surface area contributed by atoms with Crippen molar-refractivity contribution < 1.29 is 0 Å². The molecule has 0 spiro atoms. The third kappa shape index (κ3) is 3.08. The molecule has 0 unspecified atom stereocenters. The van der Waals surface area contributed by atoms with Crippen molar-refractivity contribution in [3.63, 3.8) is 0 Å². The van der Waals surface area contributed by atoms with Crippen LogP contribution in [0.15, 0.2) is 29.3 Å². The van der Waals surface area contributed by atoms with Gasteiger partial charge in [-0.15, -0.1) is 0 Å². The molecule has 1 aromatic rings. The summed E-state index contributed by atoms with van der Waals surface area (Å²) in [5.74, 6) is 0.475. The van der Waals surface area contributed by atoms with Crippen LogP contribution in [-0.4, -0.2) is 18.2 Å². The van der Waals surface area contributed by atoms with E-state index < -0.39 is 0 Å². The second-order valence-electron chi connectivity index (χ2n) is 3.58. The van der Waals surface area contributed by atoms with Crippen LogP contribution in [0.1, 0.15) is 30.9 Å². The Labute approximate surface area is 95.9 Å². The Morgan fingerprint density at radius 3 is 2.44 bits per heavy atom. The molecule has 0 heterocycles. The lowest BCUT2D eigenvalue weighted by Crippen LogP contribution is -2.21. The van der Waals surface area contributed by atoms with Crippen LogP contribution >= 0.6 is 0 Å². The Balaban J connectivity index is 2.94. The third-order valence-corrected chi connectivity index (χ3v) is 2.29. The van der Waals surface area contributed by atoms with Gasteiger partial charge in [0.05, 0.1) is 0 Å². The van der Waals surface area contributed by atoms with Gasteiger partial charge in [0.2, 0.25) is 0 Å². The summed E-state index contributed by atoms with van der Waals surface area (Å²) >= 11 is 0. The van der Waals surface area contributed by atoms with Gasteiger partial charge in [-0.3, -0.25) is 10.4 Å².